The maximum atomic E-state index is 2.76. The van der Waals surface area contributed by atoms with Gasteiger partial charge in [0.05, 0.1) is 0 Å². The zero-order chi connectivity index (χ0) is 29.1. The van der Waals surface area contributed by atoms with E-state index in [-0.39, 0.29) is 11.0 Å². The van der Waals surface area contributed by atoms with Gasteiger partial charge in [-0.3, -0.25) is 0 Å². The van der Waals surface area contributed by atoms with Crippen molar-refractivity contribution in [1.82, 2.24) is 0 Å². The average Bonchev–Trinajstić information content (AvgIpc) is 3.75. The molecule has 0 radical (unpaired) electrons. The number of benzene rings is 4. The molecule has 7 rings (SSSR count). The number of nitrogens with zero attached hydrogens (tertiary/aromatic N) is 1. The van der Waals surface area contributed by atoms with E-state index in [1.807, 2.05) is 0 Å². The van der Waals surface area contributed by atoms with Gasteiger partial charge in [0, 0.05) is 22.3 Å². The van der Waals surface area contributed by atoms with Crippen molar-refractivity contribution < 1.29 is 0 Å². The van der Waals surface area contributed by atoms with E-state index in [9.17, 15) is 0 Å². The Balaban J connectivity index is 1.50. The van der Waals surface area contributed by atoms with Gasteiger partial charge in [-0.25, -0.2) is 0 Å². The Morgan fingerprint density at radius 3 is 1.83 bits per heavy atom. The molecule has 1 nitrogen and oxygen atoms in total. The topological polar surface area (TPSA) is 3.24 Å². The van der Waals surface area contributed by atoms with Crippen LogP contribution in [0.2, 0.25) is 0 Å². The molecule has 1 heteroatoms. The van der Waals surface area contributed by atoms with Crippen molar-refractivity contribution in [2.75, 3.05) is 4.90 Å². The third-order valence-corrected chi connectivity index (χ3v) is 10.6. The molecule has 0 atom stereocenters. The van der Waals surface area contributed by atoms with Crippen molar-refractivity contribution in [3.8, 4) is 22.3 Å². The normalized spacial score (nSPS) is 18.3. The average molecular weight is 554 g/mol. The van der Waals surface area contributed by atoms with Crippen LogP contribution in [0.5, 0.6) is 0 Å². The highest BCUT2D eigenvalue weighted by Gasteiger charge is 2.39. The smallest absolute Gasteiger partial charge is 0.0457 e. The minimum Gasteiger partial charge on any atom is -0.336 e. The summed E-state index contributed by atoms with van der Waals surface area (Å²) in [6, 6.07) is 32.8. The van der Waals surface area contributed by atoms with Gasteiger partial charge in [0.15, 0.2) is 0 Å². The van der Waals surface area contributed by atoms with E-state index in [1.165, 1.54) is 96.1 Å². The van der Waals surface area contributed by atoms with Gasteiger partial charge in [-0.05, 0) is 115 Å². The van der Waals surface area contributed by atoms with Gasteiger partial charge < -0.3 is 4.90 Å². The molecular weight excluding hydrogens is 506 g/mol. The van der Waals surface area contributed by atoms with E-state index in [4.69, 9.17) is 0 Å². The molecule has 0 aliphatic heterocycles. The summed E-state index contributed by atoms with van der Waals surface area (Å²) in [5.41, 5.74) is 14.3. The monoisotopic (exact) mass is 553 g/mol. The molecule has 0 amide bonds. The quantitative estimate of drug-likeness (QED) is 0.237. The lowest BCUT2D eigenvalue weighted by molar-refractivity contribution is 0.551. The third kappa shape index (κ3) is 4.61. The Bertz CT molecular complexity index is 1590. The first-order valence-electron chi connectivity index (χ1n) is 16.5. The lowest BCUT2D eigenvalue weighted by Gasteiger charge is -2.42. The van der Waals surface area contributed by atoms with Gasteiger partial charge in [-0.15, -0.1) is 0 Å². The van der Waals surface area contributed by atoms with Crippen LogP contribution in [0, 0.1) is 0 Å². The molecule has 216 valence electrons. The molecule has 0 aromatic heterocycles. The zero-order valence-electron chi connectivity index (χ0n) is 26.3. The number of hydrogen-bond donors (Lipinski definition) is 0. The molecule has 0 saturated heterocycles. The minimum absolute atomic E-state index is 0.0204. The van der Waals surface area contributed by atoms with Crippen LogP contribution >= 0.6 is 0 Å². The summed E-state index contributed by atoms with van der Waals surface area (Å²) in [5.74, 6) is 1.26. The van der Waals surface area contributed by atoms with Crippen LogP contribution in [-0.4, -0.2) is 5.54 Å². The summed E-state index contributed by atoms with van der Waals surface area (Å²) in [4.78, 5) is 2.76. The first-order chi connectivity index (χ1) is 20.2. The van der Waals surface area contributed by atoms with Crippen LogP contribution in [0.4, 0.5) is 11.4 Å². The maximum absolute atomic E-state index is 2.76. The predicted octanol–water partition coefficient (Wildman–Crippen LogP) is 11.9. The Labute approximate surface area is 254 Å². The molecule has 4 aromatic rings. The van der Waals surface area contributed by atoms with Gasteiger partial charge in [-0.1, -0.05) is 112 Å². The second kappa shape index (κ2) is 10.4. The van der Waals surface area contributed by atoms with Crippen LogP contribution in [0.1, 0.15) is 120 Å². The summed E-state index contributed by atoms with van der Waals surface area (Å²) < 4.78 is 0. The van der Waals surface area contributed by atoms with Crippen molar-refractivity contribution in [2.45, 2.75) is 109 Å². The van der Waals surface area contributed by atoms with Crippen LogP contribution in [-0.2, 0) is 5.41 Å². The Kier molecular flexibility index (Phi) is 6.84. The molecule has 0 unspecified atom stereocenters. The number of hydrogen-bond acceptors (Lipinski definition) is 1. The van der Waals surface area contributed by atoms with Gasteiger partial charge in [0.2, 0.25) is 0 Å². The first kappa shape index (κ1) is 27.5. The highest BCUT2D eigenvalue weighted by Crippen LogP contribution is 2.55. The molecule has 0 spiro atoms. The van der Waals surface area contributed by atoms with E-state index >= 15 is 0 Å². The molecule has 0 N–H and O–H groups in total. The number of fused-ring (bicyclic) bond motifs is 3. The van der Waals surface area contributed by atoms with Gasteiger partial charge in [-0.2, -0.15) is 0 Å². The van der Waals surface area contributed by atoms with E-state index in [0.717, 1.165) is 0 Å². The van der Waals surface area contributed by atoms with Gasteiger partial charge in [0.1, 0.15) is 0 Å². The lowest BCUT2D eigenvalue weighted by Crippen LogP contribution is -2.39. The van der Waals surface area contributed by atoms with E-state index in [0.29, 0.717) is 11.8 Å². The fourth-order valence-electron chi connectivity index (χ4n) is 8.49. The molecule has 42 heavy (non-hydrogen) atoms. The van der Waals surface area contributed by atoms with Crippen molar-refractivity contribution in [3.05, 3.63) is 107 Å². The third-order valence-electron chi connectivity index (χ3n) is 10.6. The maximum Gasteiger partial charge on any atom is 0.0457 e. The van der Waals surface area contributed by atoms with Crippen molar-refractivity contribution >= 4 is 11.4 Å². The predicted molar refractivity (Wildman–Crippen MR) is 180 cm³/mol. The molecule has 3 aliphatic rings. The van der Waals surface area contributed by atoms with Crippen molar-refractivity contribution in [3.63, 3.8) is 0 Å². The first-order valence-corrected chi connectivity index (χ1v) is 16.5. The standard InChI is InChI=1S/C41H47N/c1-40(2,3)42(38-25-31(28-15-7-6-8-16-28)23-24-32(38)29-17-9-10-18-29)39-27-35-33-21-13-14-22-36(33)41(4,5)37(35)26-34(39)30-19-11-12-20-30/h6-8,13-16,21-27,29-30H,9-12,17-20H2,1-5H3. The molecule has 0 bridgehead atoms. The second-order valence-corrected chi connectivity index (χ2v) is 14.7. The SMILES string of the molecule is CC1(C)c2ccccc2-c2cc(N(c3cc(-c4ccccc4)ccc3C3CCCC3)C(C)(C)C)c(C3CCCC3)cc21. The van der Waals surface area contributed by atoms with Crippen molar-refractivity contribution in [1.29, 1.82) is 0 Å². The molecule has 3 aliphatic carbocycles. The fourth-order valence-corrected chi connectivity index (χ4v) is 8.49. The lowest BCUT2D eigenvalue weighted by atomic mass is 9.80. The number of rotatable bonds is 5. The van der Waals surface area contributed by atoms with Gasteiger partial charge >= 0.3 is 0 Å². The summed E-state index contributed by atoms with van der Waals surface area (Å²) >= 11 is 0. The minimum atomic E-state index is -0.0854. The molecule has 2 saturated carbocycles. The van der Waals surface area contributed by atoms with Crippen LogP contribution in [0.15, 0.2) is 84.9 Å². The highest BCUT2D eigenvalue weighted by molar-refractivity contribution is 5.87. The largest absolute Gasteiger partial charge is 0.336 e. The van der Waals surface area contributed by atoms with E-state index < -0.39 is 0 Å². The van der Waals surface area contributed by atoms with Crippen LogP contribution in [0.25, 0.3) is 22.3 Å². The van der Waals surface area contributed by atoms with Crippen LogP contribution < -0.4 is 4.90 Å². The van der Waals surface area contributed by atoms with Gasteiger partial charge in [0.25, 0.3) is 0 Å². The summed E-state index contributed by atoms with van der Waals surface area (Å²) in [6.07, 6.45) is 10.6. The Morgan fingerprint density at radius 2 is 1.17 bits per heavy atom. The summed E-state index contributed by atoms with van der Waals surface area (Å²) in [5, 5.41) is 0. The Hall–Kier alpha value is -3.32. The van der Waals surface area contributed by atoms with E-state index in [1.54, 1.807) is 11.1 Å². The fraction of sp³-hybridized carbons (Fsp3) is 0.415. The molecule has 2 fully saturated rings. The van der Waals surface area contributed by atoms with Crippen molar-refractivity contribution in [2.24, 2.45) is 0 Å². The zero-order valence-corrected chi connectivity index (χ0v) is 26.3. The highest BCUT2D eigenvalue weighted by atomic mass is 15.2. The second-order valence-electron chi connectivity index (χ2n) is 14.7. The molecule has 4 aromatic carbocycles. The summed E-state index contributed by atoms with van der Waals surface area (Å²) in [7, 11) is 0. The molecule has 0 heterocycles. The van der Waals surface area contributed by atoms with Crippen LogP contribution in [0.3, 0.4) is 0 Å². The number of anilines is 2. The van der Waals surface area contributed by atoms with E-state index in [2.05, 4.69) is 124 Å². The Morgan fingerprint density at radius 1 is 0.571 bits per heavy atom. The molecular formula is C41H47N. The summed E-state index contributed by atoms with van der Waals surface area (Å²) in [6.45, 7) is 12.1.